The van der Waals surface area contributed by atoms with Crippen LogP contribution >= 0.6 is 34.8 Å². The van der Waals surface area contributed by atoms with Gasteiger partial charge in [-0.25, -0.2) is 0 Å². The standard InChI is InChI=1S/C15H13Cl3N2O4S/c16-5-9(21)6-19-12-3-7(17)1-10-11-2-8(18)4-13(25(22,23)24)15(11)20-14(10)12/h1-4,9,19-21H,5-6H2,(H,22,23,24). The van der Waals surface area contributed by atoms with Crippen molar-refractivity contribution in [1.82, 2.24) is 4.98 Å². The van der Waals surface area contributed by atoms with Crippen LogP contribution < -0.4 is 5.32 Å². The zero-order valence-corrected chi connectivity index (χ0v) is 15.6. The number of halogens is 3. The molecule has 6 nitrogen and oxygen atoms in total. The van der Waals surface area contributed by atoms with E-state index in [0.717, 1.165) is 0 Å². The van der Waals surface area contributed by atoms with E-state index >= 15 is 0 Å². The maximum Gasteiger partial charge on any atom is 0.296 e. The van der Waals surface area contributed by atoms with Crippen LogP contribution in [0.1, 0.15) is 0 Å². The first-order valence-electron chi connectivity index (χ1n) is 7.10. The molecule has 0 amide bonds. The summed E-state index contributed by atoms with van der Waals surface area (Å²) in [6.07, 6.45) is -0.761. The van der Waals surface area contributed by atoms with Gasteiger partial charge in [0.15, 0.2) is 0 Å². The molecule has 0 aliphatic rings. The summed E-state index contributed by atoms with van der Waals surface area (Å²) >= 11 is 17.7. The quantitative estimate of drug-likeness (QED) is 0.368. The van der Waals surface area contributed by atoms with E-state index in [1.54, 1.807) is 18.2 Å². The van der Waals surface area contributed by atoms with Gasteiger partial charge in [0.1, 0.15) is 4.90 Å². The Hall–Kier alpha value is -1.22. The molecule has 3 aromatic rings. The number of rotatable bonds is 5. The molecule has 1 unspecified atom stereocenters. The maximum atomic E-state index is 11.7. The third kappa shape index (κ3) is 3.67. The van der Waals surface area contributed by atoms with Gasteiger partial charge in [-0.15, -0.1) is 11.6 Å². The zero-order chi connectivity index (χ0) is 18.4. The van der Waals surface area contributed by atoms with Crippen LogP contribution in [0.15, 0.2) is 29.2 Å². The topological polar surface area (TPSA) is 102 Å². The second-order valence-corrected chi connectivity index (χ2v) is 8.06. The van der Waals surface area contributed by atoms with Gasteiger partial charge in [-0.2, -0.15) is 8.42 Å². The number of aromatic amines is 1. The van der Waals surface area contributed by atoms with Gasteiger partial charge in [0.2, 0.25) is 0 Å². The van der Waals surface area contributed by atoms with Gasteiger partial charge in [-0.3, -0.25) is 4.55 Å². The highest BCUT2D eigenvalue weighted by Gasteiger charge is 2.20. The Morgan fingerprint density at radius 1 is 1.08 bits per heavy atom. The number of aromatic nitrogens is 1. The van der Waals surface area contributed by atoms with Crippen molar-refractivity contribution in [2.45, 2.75) is 11.0 Å². The molecule has 0 aliphatic heterocycles. The van der Waals surface area contributed by atoms with E-state index in [1.807, 2.05) is 0 Å². The fraction of sp³-hybridized carbons (Fsp3) is 0.200. The van der Waals surface area contributed by atoms with Gasteiger partial charge in [0, 0.05) is 27.4 Å². The van der Waals surface area contributed by atoms with Crippen LogP contribution in [0.25, 0.3) is 21.8 Å². The van der Waals surface area contributed by atoms with Crippen LogP contribution in [0.3, 0.4) is 0 Å². The lowest BCUT2D eigenvalue weighted by Gasteiger charge is -2.11. The molecule has 0 spiro atoms. The first-order chi connectivity index (χ1) is 11.7. The van der Waals surface area contributed by atoms with Crippen LogP contribution in [-0.2, 0) is 10.1 Å². The predicted molar refractivity (Wildman–Crippen MR) is 101 cm³/mol. The van der Waals surface area contributed by atoms with Gasteiger partial charge < -0.3 is 15.4 Å². The van der Waals surface area contributed by atoms with Crippen molar-refractivity contribution in [3.8, 4) is 0 Å². The highest BCUT2D eigenvalue weighted by atomic mass is 35.5. The Bertz CT molecular complexity index is 1070. The zero-order valence-electron chi connectivity index (χ0n) is 12.6. The van der Waals surface area contributed by atoms with E-state index in [4.69, 9.17) is 34.8 Å². The molecule has 0 fully saturated rings. The molecule has 1 heterocycles. The van der Waals surface area contributed by atoms with E-state index in [1.165, 1.54) is 6.07 Å². The van der Waals surface area contributed by atoms with Crippen molar-refractivity contribution in [2.75, 3.05) is 17.7 Å². The number of alkyl halides is 1. The maximum absolute atomic E-state index is 11.7. The summed E-state index contributed by atoms with van der Waals surface area (Å²) in [7, 11) is -4.48. The molecule has 0 saturated heterocycles. The minimum Gasteiger partial charge on any atom is -0.390 e. The molecule has 0 radical (unpaired) electrons. The summed E-state index contributed by atoms with van der Waals surface area (Å²) in [6.45, 7) is 0.181. The number of anilines is 1. The first kappa shape index (κ1) is 18.6. The van der Waals surface area contributed by atoms with E-state index in [0.29, 0.717) is 27.0 Å². The molecule has 3 rings (SSSR count). The van der Waals surface area contributed by atoms with Crippen molar-refractivity contribution >= 4 is 72.4 Å². The Morgan fingerprint density at radius 3 is 2.28 bits per heavy atom. The van der Waals surface area contributed by atoms with Crippen LogP contribution in [0, 0.1) is 0 Å². The monoisotopic (exact) mass is 422 g/mol. The average Bonchev–Trinajstić information content (AvgIpc) is 2.89. The first-order valence-corrected chi connectivity index (χ1v) is 9.83. The normalized spacial score (nSPS) is 13.5. The van der Waals surface area contributed by atoms with Crippen LogP contribution in [-0.4, -0.2) is 41.6 Å². The van der Waals surface area contributed by atoms with E-state index < -0.39 is 16.2 Å². The molecule has 4 N–H and O–H groups in total. The number of aliphatic hydroxyl groups excluding tert-OH is 1. The number of benzene rings is 2. The third-order valence-electron chi connectivity index (χ3n) is 3.69. The third-order valence-corrected chi connectivity index (χ3v) is 5.36. The fourth-order valence-electron chi connectivity index (χ4n) is 2.63. The molecular weight excluding hydrogens is 411 g/mol. The Labute approximate surface area is 158 Å². The van der Waals surface area contributed by atoms with Gasteiger partial charge in [-0.05, 0) is 24.3 Å². The molecule has 10 heteroatoms. The predicted octanol–water partition coefficient (Wildman–Crippen LogP) is 3.89. The van der Waals surface area contributed by atoms with Crippen molar-refractivity contribution in [2.24, 2.45) is 0 Å². The summed E-state index contributed by atoms with van der Waals surface area (Å²) in [4.78, 5) is 2.66. The number of fused-ring (bicyclic) bond motifs is 3. The van der Waals surface area contributed by atoms with Crippen molar-refractivity contribution in [1.29, 1.82) is 0 Å². The number of H-pyrrole nitrogens is 1. The van der Waals surface area contributed by atoms with Gasteiger partial charge >= 0.3 is 0 Å². The molecule has 0 saturated carbocycles. The molecular formula is C15H13Cl3N2O4S. The highest BCUT2D eigenvalue weighted by Crippen LogP contribution is 2.37. The number of nitrogens with one attached hydrogen (secondary N) is 2. The summed E-state index contributed by atoms with van der Waals surface area (Å²) in [6, 6.07) is 6.04. The minimum absolute atomic E-state index is 0.0614. The number of aliphatic hydroxyl groups is 1. The molecule has 0 bridgehead atoms. The molecule has 1 atom stereocenters. The molecule has 25 heavy (non-hydrogen) atoms. The Morgan fingerprint density at radius 2 is 1.68 bits per heavy atom. The second-order valence-electron chi connectivity index (χ2n) is 5.49. The molecule has 1 aromatic heterocycles. The van der Waals surface area contributed by atoms with Crippen LogP contribution in [0.2, 0.25) is 10.0 Å². The largest absolute Gasteiger partial charge is 0.390 e. The Balaban J connectivity index is 2.29. The summed E-state index contributed by atoms with van der Waals surface area (Å²) < 4.78 is 32.8. The second kappa shape index (κ2) is 6.83. The Kier molecular flexibility index (Phi) is 5.07. The summed E-state index contributed by atoms with van der Waals surface area (Å²) in [5.74, 6) is 0.0614. The lowest BCUT2D eigenvalue weighted by Crippen LogP contribution is -2.20. The lowest BCUT2D eigenvalue weighted by molar-refractivity contribution is 0.211. The molecule has 0 aliphatic carbocycles. The average molecular weight is 424 g/mol. The molecule has 134 valence electrons. The van der Waals surface area contributed by atoms with Crippen molar-refractivity contribution < 1.29 is 18.1 Å². The van der Waals surface area contributed by atoms with Crippen LogP contribution in [0.5, 0.6) is 0 Å². The SMILES string of the molecule is O=S(=O)(O)c1cc(Cl)cc2c1[nH]c1c(NCC(O)CCl)cc(Cl)cc12. The number of hydrogen-bond acceptors (Lipinski definition) is 4. The van der Waals surface area contributed by atoms with Crippen LogP contribution in [0.4, 0.5) is 5.69 Å². The number of hydrogen-bond donors (Lipinski definition) is 4. The van der Waals surface area contributed by atoms with E-state index in [-0.39, 0.29) is 27.9 Å². The fourth-order valence-corrected chi connectivity index (χ4v) is 3.93. The minimum atomic E-state index is -4.48. The smallest absolute Gasteiger partial charge is 0.296 e. The van der Waals surface area contributed by atoms with Gasteiger partial charge in [-0.1, -0.05) is 23.2 Å². The van der Waals surface area contributed by atoms with Crippen molar-refractivity contribution in [3.63, 3.8) is 0 Å². The summed E-state index contributed by atoms with van der Waals surface area (Å²) in [5, 5.41) is 14.3. The van der Waals surface area contributed by atoms with Gasteiger partial charge in [0.25, 0.3) is 10.1 Å². The van der Waals surface area contributed by atoms with E-state index in [9.17, 15) is 18.1 Å². The lowest BCUT2D eigenvalue weighted by atomic mass is 10.1. The molecule has 2 aromatic carbocycles. The van der Waals surface area contributed by atoms with Gasteiger partial charge in [0.05, 0.1) is 28.7 Å². The van der Waals surface area contributed by atoms with Crippen molar-refractivity contribution in [3.05, 3.63) is 34.3 Å². The summed E-state index contributed by atoms with van der Waals surface area (Å²) in [5.41, 5.74) is 1.33. The van der Waals surface area contributed by atoms with E-state index in [2.05, 4.69) is 10.3 Å². The highest BCUT2D eigenvalue weighted by molar-refractivity contribution is 7.86.